The number of rotatable bonds is 25. The summed E-state index contributed by atoms with van der Waals surface area (Å²) in [6, 6.07) is 15.4. The standard InChI is InChI=1S/C53H81NO12/c1-17-18-28-64-44(61)43(50(11,12)35(2)52(15,33-47(3,4)5)45(62)65-32-38(55)29-54(30-40(56)57)31-41(58)59)51(13,14)49(9,10)34-53(16,48(6,7)8)46(63)66-39-26-24-37(25-27-39)42(60)36-22-20-19-21-23-36/h19-27,35,38,43,55H,17-18,28-34H2,1-16H3,(H,56,57)(H,58,59). The molecule has 0 fully saturated rings. The van der Waals surface area contributed by atoms with Crippen LogP contribution in [0.15, 0.2) is 54.6 Å². The molecule has 0 bridgehead atoms. The smallest absolute Gasteiger partial charge is 0.317 e. The molecule has 0 aliphatic rings. The molecule has 0 saturated carbocycles. The van der Waals surface area contributed by atoms with Crippen LogP contribution in [-0.4, -0.2) is 94.8 Å². The number of aliphatic hydroxyl groups is 1. The zero-order valence-electron chi connectivity index (χ0n) is 42.8. The highest BCUT2D eigenvalue weighted by molar-refractivity contribution is 6.09. The van der Waals surface area contributed by atoms with E-state index >= 15 is 0 Å². The number of unbranched alkanes of at least 4 members (excludes halogenated alkanes) is 1. The molecule has 13 heteroatoms. The Hall–Kier alpha value is -4.62. The summed E-state index contributed by atoms with van der Waals surface area (Å²) < 4.78 is 18.1. The molecule has 0 amide bonds. The van der Waals surface area contributed by atoms with Crippen LogP contribution in [0.4, 0.5) is 0 Å². The van der Waals surface area contributed by atoms with Crippen LogP contribution in [0.2, 0.25) is 0 Å². The van der Waals surface area contributed by atoms with E-state index in [1.165, 1.54) is 0 Å². The molecule has 13 nitrogen and oxygen atoms in total. The Morgan fingerprint density at radius 3 is 1.67 bits per heavy atom. The highest BCUT2D eigenvalue weighted by Crippen LogP contribution is 2.62. The fraction of sp³-hybridized carbons (Fsp3) is 0.660. The van der Waals surface area contributed by atoms with Gasteiger partial charge in [0.2, 0.25) is 0 Å². The minimum atomic E-state index is -1.39. The van der Waals surface area contributed by atoms with E-state index in [1.54, 1.807) is 55.5 Å². The first kappa shape index (κ1) is 57.5. The summed E-state index contributed by atoms with van der Waals surface area (Å²) in [7, 11) is 0. The van der Waals surface area contributed by atoms with Crippen LogP contribution >= 0.6 is 0 Å². The molecule has 2 aromatic carbocycles. The molecular weight excluding hydrogens is 843 g/mol. The van der Waals surface area contributed by atoms with Gasteiger partial charge in [-0.1, -0.05) is 134 Å². The fourth-order valence-electron chi connectivity index (χ4n) is 9.55. The van der Waals surface area contributed by atoms with Crippen molar-refractivity contribution in [3.63, 3.8) is 0 Å². The Bertz CT molecular complexity index is 1960. The molecule has 0 spiro atoms. The zero-order chi connectivity index (χ0) is 50.9. The van der Waals surface area contributed by atoms with Gasteiger partial charge in [-0.25, -0.2) is 0 Å². The number of benzene rings is 2. The second kappa shape index (κ2) is 22.5. The van der Waals surface area contributed by atoms with E-state index in [0.29, 0.717) is 29.7 Å². The third-order valence-corrected chi connectivity index (χ3v) is 14.5. The monoisotopic (exact) mass is 924 g/mol. The molecule has 0 radical (unpaired) electrons. The number of carbonyl (C=O) groups excluding carboxylic acids is 4. The minimum absolute atomic E-state index is 0.151. The van der Waals surface area contributed by atoms with Crippen molar-refractivity contribution >= 4 is 35.6 Å². The van der Waals surface area contributed by atoms with Gasteiger partial charge in [-0.15, -0.1) is 0 Å². The van der Waals surface area contributed by atoms with Crippen molar-refractivity contribution in [1.82, 2.24) is 4.90 Å². The number of carboxylic acids is 2. The molecule has 0 aliphatic carbocycles. The lowest BCUT2D eigenvalue weighted by Crippen LogP contribution is -2.57. The lowest BCUT2D eigenvalue weighted by molar-refractivity contribution is -0.185. The maximum absolute atomic E-state index is 14.8. The maximum Gasteiger partial charge on any atom is 0.317 e. The predicted molar refractivity (Wildman–Crippen MR) is 255 cm³/mol. The molecule has 5 atom stereocenters. The lowest BCUT2D eigenvalue weighted by Gasteiger charge is -2.57. The number of aliphatic carboxylic acids is 2. The van der Waals surface area contributed by atoms with Crippen LogP contribution in [0, 0.1) is 49.7 Å². The first-order chi connectivity index (χ1) is 30.1. The van der Waals surface area contributed by atoms with E-state index in [1.807, 2.05) is 110 Å². The molecule has 0 aliphatic heterocycles. The van der Waals surface area contributed by atoms with Gasteiger partial charge in [0.25, 0.3) is 0 Å². The number of carbonyl (C=O) groups is 6. The minimum Gasteiger partial charge on any atom is -0.480 e. The summed E-state index contributed by atoms with van der Waals surface area (Å²) >= 11 is 0. The van der Waals surface area contributed by atoms with Crippen molar-refractivity contribution in [2.75, 3.05) is 32.8 Å². The van der Waals surface area contributed by atoms with Gasteiger partial charge >= 0.3 is 29.8 Å². The molecule has 2 aromatic rings. The summed E-state index contributed by atoms with van der Waals surface area (Å²) in [5, 5.41) is 29.5. The summed E-state index contributed by atoms with van der Waals surface area (Å²) in [6.45, 7) is 29.7. The highest BCUT2D eigenvalue weighted by atomic mass is 16.5. The topological polar surface area (TPSA) is 194 Å². The first-order valence-electron chi connectivity index (χ1n) is 23.2. The van der Waals surface area contributed by atoms with Crippen molar-refractivity contribution in [3.8, 4) is 5.75 Å². The van der Waals surface area contributed by atoms with Crippen LogP contribution in [0.25, 0.3) is 0 Å². The maximum atomic E-state index is 14.8. The largest absolute Gasteiger partial charge is 0.480 e. The normalized spacial score (nSPS) is 16.0. The van der Waals surface area contributed by atoms with Gasteiger partial charge in [-0.2, -0.15) is 0 Å². The molecule has 66 heavy (non-hydrogen) atoms. The highest BCUT2D eigenvalue weighted by Gasteiger charge is 2.61. The molecule has 0 saturated heterocycles. The van der Waals surface area contributed by atoms with Crippen molar-refractivity contribution in [1.29, 1.82) is 0 Å². The molecule has 370 valence electrons. The number of aliphatic hydroxyl groups excluding tert-OH is 1. The van der Waals surface area contributed by atoms with E-state index in [9.17, 15) is 44.1 Å². The number of esters is 3. The Labute approximate surface area is 394 Å². The third kappa shape index (κ3) is 14.7. The van der Waals surface area contributed by atoms with Crippen molar-refractivity contribution in [3.05, 3.63) is 65.7 Å². The Morgan fingerprint density at radius 2 is 1.20 bits per heavy atom. The zero-order valence-corrected chi connectivity index (χ0v) is 42.8. The molecule has 2 rings (SSSR count). The lowest BCUT2D eigenvalue weighted by atomic mass is 9.46. The SMILES string of the molecule is CCCCOC(=O)C(C(C)(C)C(C)C(C)(CC(C)(C)C)C(=O)OCC(O)CN(CC(=O)O)CC(=O)O)C(C)(C)C(C)(C)CC(C)(C(=O)Oc1ccc(C(=O)c2ccccc2)cc1)C(C)(C)C. The number of hydrogen-bond donors (Lipinski definition) is 3. The second-order valence-electron chi connectivity index (χ2n) is 22.8. The quantitative estimate of drug-likeness (QED) is 0.0369. The average Bonchev–Trinajstić information content (AvgIpc) is 3.18. The van der Waals surface area contributed by atoms with Gasteiger partial charge in [-0.05, 0) is 90.4 Å². The van der Waals surface area contributed by atoms with Gasteiger partial charge in [0, 0.05) is 17.7 Å². The van der Waals surface area contributed by atoms with Crippen molar-refractivity contribution in [2.45, 2.75) is 143 Å². The molecular formula is C53H81NO12. The van der Waals surface area contributed by atoms with E-state index < -0.39 is 105 Å². The molecule has 0 heterocycles. The summed E-state index contributed by atoms with van der Waals surface area (Å²) in [4.78, 5) is 80.9. The van der Waals surface area contributed by atoms with Crippen LogP contribution in [0.5, 0.6) is 5.75 Å². The van der Waals surface area contributed by atoms with E-state index in [0.717, 1.165) is 11.3 Å². The molecule has 5 unspecified atom stereocenters. The number of carboxylic acid groups (broad SMARTS) is 2. The van der Waals surface area contributed by atoms with E-state index in [4.69, 9.17) is 14.2 Å². The van der Waals surface area contributed by atoms with E-state index in [-0.39, 0.29) is 25.4 Å². The van der Waals surface area contributed by atoms with Crippen molar-refractivity contribution in [2.24, 2.45) is 49.7 Å². The third-order valence-electron chi connectivity index (χ3n) is 14.5. The first-order valence-corrected chi connectivity index (χ1v) is 23.2. The Kier molecular flexibility index (Phi) is 19.6. The van der Waals surface area contributed by atoms with Gasteiger partial charge in [-0.3, -0.25) is 33.7 Å². The Balaban J connectivity index is 2.63. The number of ketones is 1. The predicted octanol–water partition coefficient (Wildman–Crippen LogP) is 9.76. The second-order valence-corrected chi connectivity index (χ2v) is 22.8. The van der Waals surface area contributed by atoms with Gasteiger partial charge < -0.3 is 29.5 Å². The Morgan fingerprint density at radius 1 is 0.682 bits per heavy atom. The molecule has 3 N–H and O–H groups in total. The van der Waals surface area contributed by atoms with Gasteiger partial charge in [0.15, 0.2) is 5.78 Å². The number of ether oxygens (including phenoxy) is 3. The summed E-state index contributed by atoms with van der Waals surface area (Å²) in [5.41, 5.74) is -5.12. The van der Waals surface area contributed by atoms with Crippen LogP contribution in [0.3, 0.4) is 0 Å². The number of nitrogens with zero attached hydrogens (tertiary/aromatic N) is 1. The van der Waals surface area contributed by atoms with E-state index in [2.05, 4.69) is 0 Å². The van der Waals surface area contributed by atoms with Crippen LogP contribution < -0.4 is 4.74 Å². The summed E-state index contributed by atoms with van der Waals surface area (Å²) in [5.74, 6) is -5.34. The van der Waals surface area contributed by atoms with Crippen molar-refractivity contribution < 1.29 is 58.3 Å². The van der Waals surface area contributed by atoms with Crippen LogP contribution in [-0.2, 0) is 33.4 Å². The van der Waals surface area contributed by atoms with Crippen LogP contribution in [0.1, 0.15) is 152 Å². The van der Waals surface area contributed by atoms with Gasteiger partial charge in [0.05, 0.1) is 36.4 Å². The van der Waals surface area contributed by atoms with Gasteiger partial charge in [0.1, 0.15) is 18.5 Å². The molecule has 0 aromatic heterocycles. The summed E-state index contributed by atoms with van der Waals surface area (Å²) in [6.07, 6.45) is 0.670. The number of hydrogen-bond acceptors (Lipinski definition) is 11. The fourth-order valence-corrected chi connectivity index (χ4v) is 9.55. The average molecular weight is 924 g/mol.